The van der Waals surface area contributed by atoms with Gasteiger partial charge in [-0.25, -0.2) is 4.79 Å². The maximum Gasteiger partial charge on any atom is 0.321 e. The topological polar surface area (TPSA) is 114 Å². The maximum absolute atomic E-state index is 11.7. The number of carbonyl (C=O) groups excluding carboxylic acids is 4. The molecule has 0 bridgehead atoms. The van der Waals surface area contributed by atoms with Crippen LogP contribution < -0.4 is 16.0 Å². The first-order valence-corrected chi connectivity index (χ1v) is 8.55. The predicted octanol–water partition coefficient (Wildman–Crippen LogP) is 0.905. The summed E-state index contributed by atoms with van der Waals surface area (Å²) in [4.78, 5) is 46.0. The number of hydrogen-bond donors (Lipinski definition) is 3. The Morgan fingerprint density at radius 2 is 1.69 bits per heavy atom. The lowest BCUT2D eigenvalue weighted by Gasteiger charge is -2.08. The van der Waals surface area contributed by atoms with Gasteiger partial charge in [0.1, 0.15) is 0 Å². The number of nitrogens with one attached hydrogen (secondary N) is 3. The molecule has 0 aromatic heterocycles. The molecule has 0 fully saturated rings. The molecule has 0 aliphatic heterocycles. The summed E-state index contributed by atoms with van der Waals surface area (Å²) in [5.41, 5.74) is 0.876. The molecule has 1 aromatic carbocycles. The highest BCUT2D eigenvalue weighted by molar-refractivity contribution is 5.95. The Hall–Kier alpha value is -2.90. The molecule has 0 spiro atoms. The van der Waals surface area contributed by atoms with E-state index in [2.05, 4.69) is 16.0 Å². The van der Waals surface area contributed by atoms with E-state index < -0.39 is 24.5 Å². The third-order valence-corrected chi connectivity index (χ3v) is 3.29. The SMILES string of the molecule is CCCCNC(=O)NC(=O)COC(=O)CCNC(=O)Cc1ccccc1. The van der Waals surface area contributed by atoms with Crippen molar-refractivity contribution >= 4 is 23.8 Å². The quantitative estimate of drug-likeness (QED) is 0.422. The van der Waals surface area contributed by atoms with Crippen LogP contribution in [0.3, 0.4) is 0 Å². The van der Waals surface area contributed by atoms with Gasteiger partial charge in [-0.05, 0) is 12.0 Å². The van der Waals surface area contributed by atoms with Crippen molar-refractivity contribution in [1.82, 2.24) is 16.0 Å². The number of ether oxygens (including phenoxy) is 1. The molecule has 1 rings (SSSR count). The molecule has 0 heterocycles. The number of rotatable bonds is 10. The molecular formula is C18H25N3O5. The Balaban J connectivity index is 2.11. The molecule has 8 nitrogen and oxygen atoms in total. The van der Waals surface area contributed by atoms with Gasteiger partial charge in [0.2, 0.25) is 5.91 Å². The summed E-state index contributed by atoms with van der Waals surface area (Å²) in [6.45, 7) is 2.02. The van der Waals surface area contributed by atoms with E-state index in [4.69, 9.17) is 4.74 Å². The van der Waals surface area contributed by atoms with E-state index in [1.165, 1.54) is 0 Å². The molecule has 8 heteroatoms. The summed E-state index contributed by atoms with van der Waals surface area (Å²) in [6, 6.07) is 8.61. The molecule has 0 radical (unpaired) electrons. The molecule has 0 aliphatic carbocycles. The van der Waals surface area contributed by atoms with Crippen molar-refractivity contribution in [3.8, 4) is 0 Å². The number of imide groups is 1. The van der Waals surface area contributed by atoms with Gasteiger partial charge >= 0.3 is 12.0 Å². The Kier molecular flexibility index (Phi) is 10.1. The van der Waals surface area contributed by atoms with Crippen LogP contribution in [-0.4, -0.2) is 43.5 Å². The van der Waals surface area contributed by atoms with E-state index in [0.29, 0.717) is 6.54 Å². The number of hydrogen-bond acceptors (Lipinski definition) is 5. The Bertz CT molecular complexity index is 604. The van der Waals surface area contributed by atoms with E-state index in [9.17, 15) is 19.2 Å². The molecule has 0 saturated heterocycles. The number of urea groups is 1. The van der Waals surface area contributed by atoms with Crippen LogP contribution >= 0.6 is 0 Å². The fourth-order valence-electron chi connectivity index (χ4n) is 1.95. The van der Waals surface area contributed by atoms with Crippen LogP contribution in [0.25, 0.3) is 0 Å². The lowest BCUT2D eigenvalue weighted by Crippen LogP contribution is -2.41. The summed E-state index contributed by atoms with van der Waals surface area (Å²) < 4.78 is 4.75. The van der Waals surface area contributed by atoms with Gasteiger partial charge in [-0.2, -0.15) is 0 Å². The third kappa shape index (κ3) is 10.1. The first-order chi connectivity index (χ1) is 12.5. The summed E-state index contributed by atoms with van der Waals surface area (Å²) in [5, 5.41) is 7.18. The first-order valence-electron chi connectivity index (χ1n) is 8.55. The van der Waals surface area contributed by atoms with Crippen molar-refractivity contribution in [2.45, 2.75) is 32.6 Å². The number of amides is 4. The lowest BCUT2D eigenvalue weighted by atomic mass is 10.1. The van der Waals surface area contributed by atoms with E-state index >= 15 is 0 Å². The number of carbonyl (C=O) groups is 4. The standard InChI is InChI=1S/C18H25N3O5/c1-2-3-10-20-18(25)21-16(23)13-26-17(24)9-11-19-15(22)12-14-7-5-4-6-8-14/h4-8H,2-3,9-13H2,1H3,(H,19,22)(H2,20,21,23,25). The predicted molar refractivity (Wildman–Crippen MR) is 95.2 cm³/mol. The Labute approximate surface area is 152 Å². The van der Waals surface area contributed by atoms with E-state index in [-0.39, 0.29) is 25.3 Å². The van der Waals surface area contributed by atoms with E-state index in [1.54, 1.807) is 0 Å². The van der Waals surface area contributed by atoms with Crippen LogP contribution in [0, 0.1) is 0 Å². The average molecular weight is 363 g/mol. The van der Waals surface area contributed by atoms with Crippen molar-refractivity contribution in [3.05, 3.63) is 35.9 Å². The molecular weight excluding hydrogens is 338 g/mol. The van der Waals surface area contributed by atoms with Crippen molar-refractivity contribution in [2.24, 2.45) is 0 Å². The van der Waals surface area contributed by atoms with Gasteiger partial charge in [0.05, 0.1) is 12.8 Å². The first kappa shape index (κ1) is 21.1. The second kappa shape index (κ2) is 12.5. The number of benzene rings is 1. The van der Waals surface area contributed by atoms with Crippen molar-refractivity contribution < 1.29 is 23.9 Å². The fourth-order valence-corrected chi connectivity index (χ4v) is 1.95. The van der Waals surface area contributed by atoms with Crippen LogP contribution in [-0.2, 0) is 25.5 Å². The minimum absolute atomic E-state index is 0.0590. The van der Waals surface area contributed by atoms with Crippen molar-refractivity contribution in [1.29, 1.82) is 0 Å². The molecule has 0 aliphatic rings. The average Bonchev–Trinajstić information content (AvgIpc) is 2.61. The molecule has 0 atom stereocenters. The second-order valence-corrected chi connectivity index (χ2v) is 5.58. The second-order valence-electron chi connectivity index (χ2n) is 5.58. The highest BCUT2D eigenvalue weighted by Crippen LogP contribution is 1.99. The largest absolute Gasteiger partial charge is 0.456 e. The Morgan fingerprint density at radius 1 is 0.962 bits per heavy atom. The van der Waals surface area contributed by atoms with Gasteiger partial charge in [0, 0.05) is 13.1 Å². The van der Waals surface area contributed by atoms with Crippen LogP contribution in [0.15, 0.2) is 30.3 Å². The minimum atomic E-state index is -0.708. The summed E-state index contributed by atoms with van der Waals surface area (Å²) in [5.74, 6) is -1.54. The molecule has 142 valence electrons. The van der Waals surface area contributed by atoms with Gasteiger partial charge in [-0.3, -0.25) is 19.7 Å². The van der Waals surface area contributed by atoms with Gasteiger partial charge in [-0.1, -0.05) is 43.7 Å². The maximum atomic E-state index is 11.7. The number of unbranched alkanes of at least 4 members (excludes halogenated alkanes) is 1. The summed E-state index contributed by atoms with van der Waals surface area (Å²) >= 11 is 0. The highest BCUT2D eigenvalue weighted by Gasteiger charge is 2.11. The van der Waals surface area contributed by atoms with Gasteiger partial charge in [0.15, 0.2) is 6.61 Å². The molecule has 1 aromatic rings. The van der Waals surface area contributed by atoms with E-state index in [0.717, 1.165) is 18.4 Å². The van der Waals surface area contributed by atoms with Crippen molar-refractivity contribution in [3.63, 3.8) is 0 Å². The molecule has 0 saturated carbocycles. The van der Waals surface area contributed by atoms with Crippen LogP contribution in [0.5, 0.6) is 0 Å². The zero-order valence-corrected chi connectivity index (χ0v) is 14.9. The van der Waals surface area contributed by atoms with Gasteiger partial charge in [0.25, 0.3) is 5.91 Å². The Morgan fingerprint density at radius 3 is 2.38 bits per heavy atom. The molecule has 3 N–H and O–H groups in total. The molecule has 4 amide bonds. The molecule has 0 unspecified atom stereocenters. The smallest absolute Gasteiger partial charge is 0.321 e. The third-order valence-electron chi connectivity index (χ3n) is 3.29. The monoisotopic (exact) mass is 363 g/mol. The van der Waals surface area contributed by atoms with Crippen LogP contribution in [0.2, 0.25) is 0 Å². The zero-order valence-electron chi connectivity index (χ0n) is 14.9. The van der Waals surface area contributed by atoms with Gasteiger partial charge < -0.3 is 15.4 Å². The van der Waals surface area contributed by atoms with E-state index in [1.807, 2.05) is 37.3 Å². The van der Waals surface area contributed by atoms with Crippen LogP contribution in [0.1, 0.15) is 31.7 Å². The summed E-state index contributed by atoms with van der Waals surface area (Å²) in [6.07, 6.45) is 1.91. The molecule has 26 heavy (non-hydrogen) atoms. The normalized spacial score (nSPS) is 9.88. The zero-order chi connectivity index (χ0) is 19.2. The van der Waals surface area contributed by atoms with Gasteiger partial charge in [-0.15, -0.1) is 0 Å². The number of esters is 1. The summed E-state index contributed by atoms with van der Waals surface area (Å²) in [7, 11) is 0. The van der Waals surface area contributed by atoms with Crippen LogP contribution in [0.4, 0.5) is 4.79 Å². The minimum Gasteiger partial charge on any atom is -0.456 e. The van der Waals surface area contributed by atoms with Crippen molar-refractivity contribution in [2.75, 3.05) is 19.7 Å². The fraction of sp³-hybridized carbons (Fsp3) is 0.444. The lowest BCUT2D eigenvalue weighted by molar-refractivity contribution is -0.148. The highest BCUT2D eigenvalue weighted by atomic mass is 16.5.